The van der Waals surface area contributed by atoms with Gasteiger partial charge in [0.15, 0.2) is 11.8 Å². The molecule has 3 N–H and O–H groups in total. The molecule has 150 valence electrons. The van der Waals surface area contributed by atoms with Gasteiger partial charge in [-0.1, -0.05) is 0 Å². The monoisotopic (exact) mass is 495 g/mol. The van der Waals surface area contributed by atoms with Gasteiger partial charge >= 0.3 is 0 Å². The van der Waals surface area contributed by atoms with Crippen molar-refractivity contribution in [3.8, 4) is 17.1 Å². The molecule has 0 atom stereocenters. The fourth-order valence-corrected chi connectivity index (χ4v) is 2.55. The van der Waals surface area contributed by atoms with Crippen LogP contribution in [0.15, 0.2) is 53.8 Å². The SMILES string of the molecule is CCNC(=NCc1nc(-c2ccc(OC)cc2)n[nH]1)NCCn1cccc1.I. The van der Waals surface area contributed by atoms with Gasteiger partial charge in [-0.2, -0.15) is 5.10 Å². The molecule has 8 nitrogen and oxygen atoms in total. The van der Waals surface area contributed by atoms with Crippen molar-refractivity contribution >= 4 is 29.9 Å². The molecule has 0 amide bonds. The van der Waals surface area contributed by atoms with Crippen molar-refractivity contribution in [1.82, 2.24) is 30.4 Å². The predicted molar refractivity (Wildman–Crippen MR) is 121 cm³/mol. The number of nitrogens with one attached hydrogen (secondary N) is 3. The third-order valence-corrected chi connectivity index (χ3v) is 3.94. The van der Waals surface area contributed by atoms with E-state index in [1.807, 2.05) is 55.7 Å². The van der Waals surface area contributed by atoms with E-state index in [0.717, 1.165) is 36.9 Å². The normalized spacial score (nSPS) is 11.0. The van der Waals surface area contributed by atoms with Crippen LogP contribution >= 0.6 is 24.0 Å². The number of hydrogen-bond donors (Lipinski definition) is 3. The Kier molecular flexibility index (Phi) is 8.79. The smallest absolute Gasteiger partial charge is 0.191 e. The number of aliphatic imine (C=N–C) groups is 1. The van der Waals surface area contributed by atoms with Crippen molar-refractivity contribution in [2.24, 2.45) is 4.99 Å². The van der Waals surface area contributed by atoms with Crippen LogP contribution < -0.4 is 15.4 Å². The van der Waals surface area contributed by atoms with E-state index in [1.54, 1.807) is 7.11 Å². The second-order valence-corrected chi connectivity index (χ2v) is 5.88. The Bertz CT molecular complexity index is 844. The van der Waals surface area contributed by atoms with Crippen molar-refractivity contribution in [2.45, 2.75) is 20.0 Å². The summed E-state index contributed by atoms with van der Waals surface area (Å²) in [6.45, 7) is 4.92. The highest BCUT2D eigenvalue weighted by Crippen LogP contribution is 2.18. The second-order valence-electron chi connectivity index (χ2n) is 5.88. The average molecular weight is 495 g/mol. The zero-order valence-electron chi connectivity index (χ0n) is 16.1. The van der Waals surface area contributed by atoms with E-state index in [1.165, 1.54) is 0 Å². The highest BCUT2D eigenvalue weighted by molar-refractivity contribution is 14.0. The molecule has 3 aromatic rings. The summed E-state index contributed by atoms with van der Waals surface area (Å²) in [5, 5.41) is 13.8. The summed E-state index contributed by atoms with van der Waals surface area (Å²) in [6.07, 6.45) is 4.09. The molecule has 0 spiro atoms. The molecule has 2 heterocycles. The summed E-state index contributed by atoms with van der Waals surface area (Å²) in [7, 11) is 1.65. The first-order valence-corrected chi connectivity index (χ1v) is 8.97. The Balaban J connectivity index is 0.00000280. The minimum Gasteiger partial charge on any atom is -0.497 e. The van der Waals surface area contributed by atoms with Crippen molar-refractivity contribution < 1.29 is 4.74 Å². The van der Waals surface area contributed by atoms with Crippen LogP contribution in [-0.4, -0.2) is 45.9 Å². The van der Waals surface area contributed by atoms with Crippen LogP contribution in [0, 0.1) is 0 Å². The number of guanidine groups is 1. The molecule has 0 aliphatic rings. The van der Waals surface area contributed by atoms with Gasteiger partial charge in [-0.05, 0) is 43.3 Å². The summed E-state index contributed by atoms with van der Waals surface area (Å²) in [5.41, 5.74) is 0.930. The number of hydrogen-bond acceptors (Lipinski definition) is 4. The van der Waals surface area contributed by atoms with Gasteiger partial charge < -0.3 is 19.9 Å². The number of aromatic nitrogens is 4. The maximum Gasteiger partial charge on any atom is 0.191 e. The molecule has 2 aromatic heterocycles. The molecule has 3 rings (SSSR count). The lowest BCUT2D eigenvalue weighted by atomic mass is 10.2. The molecule has 0 aliphatic heterocycles. The van der Waals surface area contributed by atoms with Crippen LogP contribution in [0.4, 0.5) is 0 Å². The predicted octanol–water partition coefficient (Wildman–Crippen LogP) is 2.66. The first-order chi connectivity index (χ1) is 13.3. The number of ether oxygens (including phenoxy) is 1. The molecule has 0 bridgehead atoms. The summed E-state index contributed by atoms with van der Waals surface area (Å²) < 4.78 is 7.29. The zero-order valence-corrected chi connectivity index (χ0v) is 18.4. The fraction of sp³-hybridized carbons (Fsp3) is 0.316. The van der Waals surface area contributed by atoms with Crippen LogP contribution in [0.2, 0.25) is 0 Å². The minimum absolute atomic E-state index is 0. The van der Waals surface area contributed by atoms with Crippen molar-refractivity contribution in [3.05, 3.63) is 54.6 Å². The van der Waals surface area contributed by atoms with E-state index in [0.29, 0.717) is 18.2 Å². The third kappa shape index (κ3) is 6.25. The molecule has 28 heavy (non-hydrogen) atoms. The van der Waals surface area contributed by atoms with E-state index in [9.17, 15) is 0 Å². The van der Waals surface area contributed by atoms with Crippen molar-refractivity contribution in [2.75, 3.05) is 20.2 Å². The molecule has 1 aromatic carbocycles. The van der Waals surface area contributed by atoms with E-state index in [-0.39, 0.29) is 24.0 Å². The minimum atomic E-state index is 0. The molecule has 9 heteroatoms. The lowest BCUT2D eigenvalue weighted by Crippen LogP contribution is -2.38. The van der Waals surface area contributed by atoms with Gasteiger partial charge in [-0.15, -0.1) is 24.0 Å². The number of nitrogens with zero attached hydrogens (tertiary/aromatic N) is 4. The highest BCUT2D eigenvalue weighted by atomic mass is 127. The third-order valence-electron chi connectivity index (χ3n) is 3.94. The van der Waals surface area contributed by atoms with Crippen LogP contribution in [-0.2, 0) is 13.1 Å². The maximum atomic E-state index is 5.17. The van der Waals surface area contributed by atoms with Gasteiger partial charge in [-0.3, -0.25) is 5.10 Å². The molecule has 0 fully saturated rings. The summed E-state index contributed by atoms with van der Waals surface area (Å²) in [4.78, 5) is 9.08. The quantitative estimate of drug-likeness (QED) is 0.254. The molecular formula is C19H26IN7O. The van der Waals surface area contributed by atoms with Crippen molar-refractivity contribution in [1.29, 1.82) is 0 Å². The number of methoxy groups -OCH3 is 1. The Hall–Kier alpha value is -2.56. The number of benzene rings is 1. The van der Waals surface area contributed by atoms with Crippen molar-refractivity contribution in [3.63, 3.8) is 0 Å². The average Bonchev–Trinajstić information content (AvgIpc) is 3.38. The standard InChI is InChI=1S/C19H25N7O.HI/c1-3-20-19(21-10-13-26-11-4-5-12-26)22-14-17-23-18(25-24-17)15-6-8-16(27-2)9-7-15;/h4-9,11-12H,3,10,13-14H2,1-2H3,(H2,20,21,22)(H,23,24,25);1H. The lowest BCUT2D eigenvalue weighted by Gasteiger charge is -2.11. The van der Waals surface area contributed by atoms with Gasteiger partial charge in [-0.25, -0.2) is 9.98 Å². The maximum absolute atomic E-state index is 5.17. The Labute approximate surface area is 181 Å². The number of halogens is 1. The topological polar surface area (TPSA) is 92.2 Å². The summed E-state index contributed by atoms with van der Waals surface area (Å²) in [6, 6.07) is 11.7. The molecule has 0 unspecified atom stereocenters. The molecule has 0 saturated heterocycles. The molecular weight excluding hydrogens is 469 g/mol. The molecule has 0 radical (unpaired) electrons. The second kappa shape index (κ2) is 11.3. The first kappa shape index (κ1) is 21.7. The van der Waals surface area contributed by atoms with E-state index >= 15 is 0 Å². The van der Waals surface area contributed by atoms with Gasteiger partial charge in [0.05, 0.1) is 7.11 Å². The Morgan fingerprint density at radius 3 is 2.61 bits per heavy atom. The van der Waals surface area contributed by atoms with Gasteiger partial charge in [0.2, 0.25) is 0 Å². The van der Waals surface area contributed by atoms with E-state index in [2.05, 4.69) is 35.4 Å². The van der Waals surface area contributed by atoms with Crippen LogP contribution in [0.1, 0.15) is 12.7 Å². The van der Waals surface area contributed by atoms with Crippen LogP contribution in [0.5, 0.6) is 5.75 Å². The molecule has 0 aliphatic carbocycles. The van der Waals surface area contributed by atoms with Crippen LogP contribution in [0.3, 0.4) is 0 Å². The van der Waals surface area contributed by atoms with Gasteiger partial charge in [0.25, 0.3) is 0 Å². The Morgan fingerprint density at radius 1 is 1.18 bits per heavy atom. The largest absolute Gasteiger partial charge is 0.497 e. The Morgan fingerprint density at radius 2 is 1.93 bits per heavy atom. The first-order valence-electron chi connectivity index (χ1n) is 8.97. The number of aromatic amines is 1. The number of rotatable bonds is 8. The fourth-order valence-electron chi connectivity index (χ4n) is 2.55. The van der Waals surface area contributed by atoms with Gasteiger partial charge in [0, 0.05) is 37.6 Å². The summed E-state index contributed by atoms with van der Waals surface area (Å²) >= 11 is 0. The number of H-pyrrole nitrogens is 1. The zero-order chi connectivity index (χ0) is 18.9. The molecule has 0 saturated carbocycles. The lowest BCUT2D eigenvalue weighted by molar-refractivity contribution is 0.415. The van der Waals surface area contributed by atoms with E-state index < -0.39 is 0 Å². The highest BCUT2D eigenvalue weighted by Gasteiger charge is 2.06. The summed E-state index contributed by atoms with van der Waals surface area (Å²) in [5.74, 6) is 2.92. The van der Waals surface area contributed by atoms with Gasteiger partial charge in [0.1, 0.15) is 18.1 Å². The van der Waals surface area contributed by atoms with Crippen LogP contribution in [0.25, 0.3) is 11.4 Å². The van der Waals surface area contributed by atoms with E-state index in [4.69, 9.17) is 4.74 Å².